The summed E-state index contributed by atoms with van der Waals surface area (Å²) in [6, 6.07) is 4.09. The maximum Gasteiger partial charge on any atom is 0.416 e. The van der Waals surface area contributed by atoms with Gasteiger partial charge in [-0.2, -0.15) is 13.2 Å². The standard InChI is InChI=1S/C14H18F3N3O2/c1-9(20-13(22)19-8-12(21)18-2)7-10-5-3-4-6-11(10)14(15,16)17/h3-6,9H,7-8H2,1-2H3,(H,18,21)(H2,19,20,22)/t9-/m0/s1. The van der Waals surface area contributed by atoms with Crippen molar-refractivity contribution in [1.29, 1.82) is 0 Å². The molecule has 5 nitrogen and oxygen atoms in total. The molecule has 1 rings (SSSR count). The van der Waals surface area contributed by atoms with Crippen LogP contribution in [0.2, 0.25) is 0 Å². The molecule has 1 atom stereocenters. The van der Waals surface area contributed by atoms with E-state index in [0.29, 0.717) is 0 Å². The minimum atomic E-state index is -4.43. The van der Waals surface area contributed by atoms with Crippen molar-refractivity contribution in [3.8, 4) is 0 Å². The first-order valence-electron chi connectivity index (χ1n) is 6.64. The molecule has 0 saturated carbocycles. The van der Waals surface area contributed by atoms with Gasteiger partial charge in [-0.3, -0.25) is 4.79 Å². The molecule has 0 aliphatic heterocycles. The van der Waals surface area contributed by atoms with Crippen LogP contribution in [0.5, 0.6) is 0 Å². The Hall–Kier alpha value is -2.25. The minimum absolute atomic E-state index is 0.0308. The Bertz CT molecular complexity index is 532. The first kappa shape index (κ1) is 17.8. The van der Waals surface area contributed by atoms with Gasteiger partial charge in [0.2, 0.25) is 5.91 Å². The van der Waals surface area contributed by atoms with Crippen molar-refractivity contribution < 1.29 is 22.8 Å². The summed E-state index contributed by atoms with van der Waals surface area (Å²) in [6.07, 6.45) is -4.40. The Balaban J connectivity index is 2.61. The van der Waals surface area contributed by atoms with Crippen LogP contribution in [0.3, 0.4) is 0 Å². The summed E-state index contributed by atoms with van der Waals surface area (Å²) in [4.78, 5) is 22.5. The lowest BCUT2D eigenvalue weighted by Gasteiger charge is -2.18. The Morgan fingerprint density at radius 3 is 2.45 bits per heavy atom. The molecule has 0 saturated heterocycles. The van der Waals surface area contributed by atoms with Crippen LogP contribution < -0.4 is 16.0 Å². The van der Waals surface area contributed by atoms with Gasteiger partial charge < -0.3 is 16.0 Å². The van der Waals surface area contributed by atoms with Crippen molar-refractivity contribution >= 4 is 11.9 Å². The summed E-state index contributed by atoms with van der Waals surface area (Å²) < 4.78 is 38.6. The van der Waals surface area contributed by atoms with Crippen molar-refractivity contribution in [3.05, 3.63) is 35.4 Å². The summed E-state index contributed by atoms with van der Waals surface area (Å²) in [5, 5.41) is 7.13. The predicted molar refractivity (Wildman–Crippen MR) is 75.2 cm³/mol. The van der Waals surface area contributed by atoms with E-state index in [4.69, 9.17) is 0 Å². The summed E-state index contributed by atoms with van der Waals surface area (Å²) in [5.41, 5.74) is -0.608. The molecular formula is C14H18F3N3O2. The molecule has 0 heterocycles. The molecule has 1 aromatic carbocycles. The SMILES string of the molecule is CNC(=O)CNC(=O)N[C@@H](C)Cc1ccccc1C(F)(F)F. The second kappa shape index (κ2) is 7.67. The molecule has 0 unspecified atom stereocenters. The number of hydrogen-bond donors (Lipinski definition) is 3. The lowest BCUT2D eigenvalue weighted by Crippen LogP contribution is -2.45. The van der Waals surface area contributed by atoms with Gasteiger partial charge in [0.1, 0.15) is 0 Å². The molecule has 0 spiro atoms. The number of benzene rings is 1. The third-order valence-electron chi connectivity index (χ3n) is 2.91. The second-order valence-electron chi connectivity index (χ2n) is 4.76. The van der Waals surface area contributed by atoms with Crippen molar-refractivity contribution in [2.75, 3.05) is 13.6 Å². The maximum absolute atomic E-state index is 12.9. The van der Waals surface area contributed by atoms with Gasteiger partial charge in [0, 0.05) is 13.1 Å². The molecule has 0 aliphatic rings. The summed E-state index contributed by atoms with van der Waals surface area (Å²) >= 11 is 0. The lowest BCUT2D eigenvalue weighted by atomic mass is 10.0. The van der Waals surface area contributed by atoms with Gasteiger partial charge in [-0.15, -0.1) is 0 Å². The number of halogens is 3. The van der Waals surface area contributed by atoms with E-state index in [1.54, 1.807) is 6.92 Å². The first-order valence-corrected chi connectivity index (χ1v) is 6.64. The fourth-order valence-corrected chi connectivity index (χ4v) is 1.88. The predicted octanol–water partition coefficient (Wildman–Crippen LogP) is 1.68. The molecule has 0 aromatic heterocycles. The van der Waals surface area contributed by atoms with Crippen LogP contribution in [0.4, 0.5) is 18.0 Å². The lowest BCUT2D eigenvalue weighted by molar-refractivity contribution is -0.138. The smallest absolute Gasteiger partial charge is 0.358 e. The molecule has 0 radical (unpaired) electrons. The summed E-state index contributed by atoms with van der Waals surface area (Å²) in [5.74, 6) is -0.370. The normalized spacial score (nSPS) is 12.4. The monoisotopic (exact) mass is 317 g/mol. The van der Waals surface area contributed by atoms with Crippen LogP contribution in [0.1, 0.15) is 18.1 Å². The van der Waals surface area contributed by atoms with E-state index < -0.39 is 23.8 Å². The van der Waals surface area contributed by atoms with Gasteiger partial charge in [-0.05, 0) is 25.0 Å². The van der Waals surface area contributed by atoms with E-state index in [2.05, 4.69) is 16.0 Å². The zero-order valence-electron chi connectivity index (χ0n) is 12.3. The highest BCUT2D eigenvalue weighted by molar-refractivity contribution is 5.83. The van der Waals surface area contributed by atoms with Crippen molar-refractivity contribution in [1.82, 2.24) is 16.0 Å². The average molecular weight is 317 g/mol. The van der Waals surface area contributed by atoms with Crippen LogP contribution >= 0.6 is 0 Å². The number of amides is 3. The minimum Gasteiger partial charge on any atom is -0.358 e. The maximum atomic E-state index is 12.9. The topological polar surface area (TPSA) is 70.2 Å². The number of alkyl halides is 3. The number of rotatable bonds is 5. The molecule has 1 aromatic rings. The zero-order valence-corrected chi connectivity index (χ0v) is 12.3. The molecule has 3 N–H and O–H groups in total. The van der Waals surface area contributed by atoms with Crippen LogP contribution in [0.25, 0.3) is 0 Å². The Kier molecular flexibility index (Phi) is 6.21. The number of carbonyl (C=O) groups is 2. The Morgan fingerprint density at radius 1 is 1.23 bits per heavy atom. The molecule has 22 heavy (non-hydrogen) atoms. The van der Waals surface area contributed by atoms with Gasteiger partial charge in [0.15, 0.2) is 0 Å². The average Bonchev–Trinajstić information content (AvgIpc) is 2.44. The number of urea groups is 1. The summed E-state index contributed by atoms with van der Waals surface area (Å²) in [6.45, 7) is 1.39. The van der Waals surface area contributed by atoms with E-state index in [1.807, 2.05) is 0 Å². The van der Waals surface area contributed by atoms with E-state index in [-0.39, 0.29) is 24.4 Å². The molecular weight excluding hydrogens is 299 g/mol. The Morgan fingerprint density at radius 2 is 1.86 bits per heavy atom. The largest absolute Gasteiger partial charge is 0.416 e. The highest BCUT2D eigenvalue weighted by atomic mass is 19.4. The van der Waals surface area contributed by atoms with Crippen molar-refractivity contribution in [2.45, 2.75) is 25.6 Å². The third-order valence-corrected chi connectivity index (χ3v) is 2.91. The van der Waals surface area contributed by atoms with E-state index in [0.717, 1.165) is 6.07 Å². The van der Waals surface area contributed by atoms with E-state index in [1.165, 1.54) is 25.2 Å². The molecule has 0 fully saturated rings. The summed E-state index contributed by atoms with van der Waals surface area (Å²) in [7, 11) is 1.43. The molecule has 0 aliphatic carbocycles. The highest BCUT2D eigenvalue weighted by Crippen LogP contribution is 2.32. The van der Waals surface area contributed by atoms with Gasteiger partial charge in [0.05, 0.1) is 12.1 Å². The van der Waals surface area contributed by atoms with Crippen LogP contribution in [-0.4, -0.2) is 31.6 Å². The van der Waals surface area contributed by atoms with Gasteiger partial charge in [0.25, 0.3) is 0 Å². The number of likely N-dealkylation sites (N-methyl/N-ethyl adjacent to an activating group) is 1. The number of nitrogens with one attached hydrogen (secondary N) is 3. The van der Waals surface area contributed by atoms with Crippen LogP contribution in [-0.2, 0) is 17.4 Å². The zero-order chi connectivity index (χ0) is 16.8. The van der Waals surface area contributed by atoms with E-state index >= 15 is 0 Å². The first-order chi connectivity index (χ1) is 10.2. The van der Waals surface area contributed by atoms with Gasteiger partial charge >= 0.3 is 12.2 Å². The quantitative estimate of drug-likeness (QED) is 0.773. The molecule has 0 bridgehead atoms. The van der Waals surface area contributed by atoms with Crippen molar-refractivity contribution in [3.63, 3.8) is 0 Å². The third kappa shape index (κ3) is 5.63. The van der Waals surface area contributed by atoms with Crippen LogP contribution in [0.15, 0.2) is 24.3 Å². The fourth-order valence-electron chi connectivity index (χ4n) is 1.88. The number of hydrogen-bond acceptors (Lipinski definition) is 2. The second-order valence-corrected chi connectivity index (χ2v) is 4.76. The highest BCUT2D eigenvalue weighted by Gasteiger charge is 2.33. The molecule has 8 heteroatoms. The van der Waals surface area contributed by atoms with Gasteiger partial charge in [-0.25, -0.2) is 4.79 Å². The molecule has 122 valence electrons. The van der Waals surface area contributed by atoms with Crippen molar-refractivity contribution in [2.24, 2.45) is 0 Å². The van der Waals surface area contributed by atoms with Gasteiger partial charge in [-0.1, -0.05) is 18.2 Å². The van der Waals surface area contributed by atoms with E-state index in [9.17, 15) is 22.8 Å². The van der Waals surface area contributed by atoms with Crippen LogP contribution in [0, 0.1) is 0 Å². The fraction of sp³-hybridized carbons (Fsp3) is 0.429. The Labute approximate surface area is 126 Å². The molecule has 3 amide bonds. The number of carbonyl (C=O) groups excluding carboxylic acids is 2.